The Kier molecular flexibility index (Phi) is 8.82. The summed E-state index contributed by atoms with van der Waals surface area (Å²) in [6, 6.07) is 0. The third-order valence-corrected chi connectivity index (χ3v) is 1.93. The van der Waals surface area contributed by atoms with Crippen LogP contribution in [0.25, 0.3) is 0 Å². The maximum Gasteiger partial charge on any atom is 0.184 e. The number of hydrazone groups is 2. The molecule has 0 fully saturated rings. The number of rotatable bonds is 7. The fraction of sp³-hybridized carbons (Fsp3) is 0.500. The zero-order valence-electron chi connectivity index (χ0n) is 9.85. The Morgan fingerprint density at radius 3 is 2.21 bits per heavy atom. The smallest absolute Gasteiger partial charge is 0.184 e. The summed E-state index contributed by atoms with van der Waals surface area (Å²) in [4.78, 5) is 0. The van der Waals surface area contributed by atoms with Crippen molar-refractivity contribution in [1.82, 2.24) is 10.9 Å². The first-order chi connectivity index (χ1) is 8.86. The molecule has 9 N–H and O–H groups in total. The van der Waals surface area contributed by atoms with Gasteiger partial charge in [-0.3, -0.25) is 10.9 Å². The minimum absolute atomic E-state index is 0.0474. The van der Waals surface area contributed by atoms with Crippen molar-refractivity contribution in [3.63, 3.8) is 0 Å². The molecule has 0 aromatic carbocycles. The lowest BCUT2D eigenvalue weighted by atomic mass is 10.1. The topological polar surface area (TPSA) is 162 Å². The summed E-state index contributed by atoms with van der Waals surface area (Å²) in [6.45, 7) is -0.584. The molecule has 0 rings (SSSR count). The van der Waals surface area contributed by atoms with Crippen LogP contribution in [0.1, 0.15) is 6.42 Å². The van der Waals surface area contributed by atoms with Crippen LogP contribution in [0.4, 0.5) is 0 Å². The van der Waals surface area contributed by atoms with Gasteiger partial charge in [-0.15, -0.1) is 0 Å². The number of aliphatic hydroxyl groups excluding tert-OH is 3. The third-order valence-electron chi connectivity index (χ3n) is 1.75. The normalized spacial score (nSPS) is 15.0. The minimum Gasteiger partial charge on any atom is -0.394 e. The van der Waals surface area contributed by atoms with Gasteiger partial charge < -0.3 is 26.8 Å². The average Bonchev–Trinajstić information content (AvgIpc) is 2.33. The summed E-state index contributed by atoms with van der Waals surface area (Å²) < 4.78 is 0. The second kappa shape index (κ2) is 9.52. The number of aliphatic hydroxyl groups is 3. The van der Waals surface area contributed by atoms with Gasteiger partial charge in [0.2, 0.25) is 0 Å². The van der Waals surface area contributed by atoms with Crippen LogP contribution < -0.4 is 22.3 Å². The molecule has 0 aromatic heterocycles. The Bertz CT molecular complexity index is 375. The predicted octanol–water partition coefficient (Wildman–Crippen LogP) is -2.90. The lowest BCUT2D eigenvalue weighted by Crippen LogP contribution is -2.33. The molecule has 0 unspecified atom stereocenters. The standard InChI is InChI=1S/C8H16N6O3S2/c9-7(18)13-11-2-4(12-14-8(10)19)1-5(16)6(17)3-15/h2,5-6,15-17H,1,3H2,(H3,9,13,18)(H3,10,14,19)/b11-2-,12-4+/t5-,6+/m0/s1. The van der Waals surface area contributed by atoms with E-state index >= 15 is 0 Å². The highest BCUT2D eigenvalue weighted by molar-refractivity contribution is 7.80. The van der Waals surface area contributed by atoms with Crippen LogP contribution in [-0.2, 0) is 0 Å². The molecule has 0 aliphatic carbocycles. The molecule has 11 heteroatoms. The fourth-order valence-electron chi connectivity index (χ4n) is 0.897. The van der Waals surface area contributed by atoms with Crippen molar-refractivity contribution in [1.29, 1.82) is 0 Å². The SMILES string of the molecule is NC(=S)N/N=C\C(C[C@H](O)[C@H](O)CO)=N\NC(N)=S. The van der Waals surface area contributed by atoms with Gasteiger partial charge in [0.05, 0.1) is 24.6 Å². The molecule has 0 saturated carbocycles. The van der Waals surface area contributed by atoms with Crippen LogP contribution in [0.5, 0.6) is 0 Å². The molecule has 19 heavy (non-hydrogen) atoms. The molecule has 0 amide bonds. The fourth-order valence-corrected chi connectivity index (χ4v) is 0.995. The van der Waals surface area contributed by atoms with E-state index in [9.17, 15) is 10.2 Å². The molecule has 0 radical (unpaired) electrons. The van der Waals surface area contributed by atoms with Crippen molar-refractivity contribution < 1.29 is 15.3 Å². The van der Waals surface area contributed by atoms with E-state index in [2.05, 4.69) is 45.5 Å². The quantitative estimate of drug-likeness (QED) is 0.148. The second-order valence-electron chi connectivity index (χ2n) is 3.33. The highest BCUT2D eigenvalue weighted by atomic mass is 32.1. The lowest BCUT2D eigenvalue weighted by Gasteiger charge is -2.15. The molecule has 0 heterocycles. The minimum atomic E-state index is -1.30. The molecular weight excluding hydrogens is 292 g/mol. The van der Waals surface area contributed by atoms with Gasteiger partial charge in [-0.25, -0.2) is 0 Å². The van der Waals surface area contributed by atoms with Gasteiger partial charge in [0, 0.05) is 6.42 Å². The summed E-state index contributed by atoms with van der Waals surface area (Å²) in [5, 5.41) is 34.7. The number of nitrogens with two attached hydrogens (primary N) is 2. The Morgan fingerprint density at radius 2 is 1.74 bits per heavy atom. The van der Waals surface area contributed by atoms with Crippen LogP contribution in [0.15, 0.2) is 10.2 Å². The zero-order valence-corrected chi connectivity index (χ0v) is 11.5. The van der Waals surface area contributed by atoms with E-state index in [1.165, 1.54) is 6.21 Å². The Morgan fingerprint density at radius 1 is 1.16 bits per heavy atom. The van der Waals surface area contributed by atoms with Gasteiger partial charge >= 0.3 is 0 Å². The van der Waals surface area contributed by atoms with E-state index in [1.807, 2.05) is 0 Å². The molecule has 0 aliphatic rings. The zero-order chi connectivity index (χ0) is 14.8. The van der Waals surface area contributed by atoms with Crippen molar-refractivity contribution in [2.24, 2.45) is 21.7 Å². The molecule has 9 nitrogen and oxygen atoms in total. The summed E-state index contributed by atoms with van der Waals surface area (Å²) in [5.74, 6) is 0. The van der Waals surface area contributed by atoms with Crippen LogP contribution in [-0.4, -0.2) is 56.3 Å². The molecule has 0 aromatic rings. The van der Waals surface area contributed by atoms with Crippen molar-refractivity contribution in [3.8, 4) is 0 Å². The molecule has 108 valence electrons. The first-order valence-electron chi connectivity index (χ1n) is 5.04. The first-order valence-corrected chi connectivity index (χ1v) is 5.86. The van der Waals surface area contributed by atoms with E-state index in [1.54, 1.807) is 0 Å². The Labute approximate surface area is 120 Å². The summed E-state index contributed by atoms with van der Waals surface area (Å²) in [5.41, 5.74) is 15.2. The van der Waals surface area contributed by atoms with Gasteiger partial charge in [-0.05, 0) is 24.4 Å². The van der Waals surface area contributed by atoms with E-state index in [0.29, 0.717) is 0 Å². The monoisotopic (exact) mass is 308 g/mol. The highest BCUT2D eigenvalue weighted by Gasteiger charge is 2.17. The Hall–Kier alpha value is -1.40. The molecular formula is C8H16N6O3S2. The van der Waals surface area contributed by atoms with Crippen LogP contribution >= 0.6 is 24.4 Å². The molecule has 0 bridgehead atoms. The summed E-state index contributed by atoms with van der Waals surface area (Å²) in [7, 11) is 0. The number of nitrogens with zero attached hydrogens (tertiary/aromatic N) is 2. The molecule has 0 saturated heterocycles. The first kappa shape index (κ1) is 17.6. The van der Waals surface area contributed by atoms with Gasteiger partial charge in [-0.2, -0.15) is 10.2 Å². The van der Waals surface area contributed by atoms with Crippen LogP contribution in [0, 0.1) is 0 Å². The maximum atomic E-state index is 9.55. The number of nitrogens with one attached hydrogen (secondary N) is 2. The van der Waals surface area contributed by atoms with Crippen molar-refractivity contribution in [3.05, 3.63) is 0 Å². The van der Waals surface area contributed by atoms with Crippen molar-refractivity contribution in [2.75, 3.05) is 6.61 Å². The molecule has 0 aliphatic heterocycles. The molecule has 2 atom stereocenters. The van der Waals surface area contributed by atoms with E-state index in [-0.39, 0.29) is 22.4 Å². The van der Waals surface area contributed by atoms with Crippen LogP contribution in [0.2, 0.25) is 0 Å². The number of thiocarbonyl (C=S) groups is 2. The Balaban J connectivity index is 4.67. The number of hydrogen-bond acceptors (Lipinski definition) is 7. The van der Waals surface area contributed by atoms with Gasteiger partial charge in [0.15, 0.2) is 10.2 Å². The lowest BCUT2D eigenvalue weighted by molar-refractivity contribution is -0.00974. The highest BCUT2D eigenvalue weighted by Crippen LogP contribution is 1.99. The largest absolute Gasteiger partial charge is 0.394 e. The average molecular weight is 308 g/mol. The summed E-state index contributed by atoms with van der Waals surface area (Å²) in [6.07, 6.45) is -1.42. The summed E-state index contributed by atoms with van der Waals surface area (Å²) >= 11 is 9.10. The van der Waals surface area contributed by atoms with Gasteiger partial charge in [-0.1, -0.05) is 0 Å². The van der Waals surface area contributed by atoms with Crippen molar-refractivity contribution in [2.45, 2.75) is 18.6 Å². The molecule has 0 spiro atoms. The third kappa shape index (κ3) is 9.21. The number of hydrogen-bond donors (Lipinski definition) is 7. The van der Waals surface area contributed by atoms with Gasteiger partial charge in [0.25, 0.3) is 0 Å². The van der Waals surface area contributed by atoms with E-state index in [4.69, 9.17) is 16.6 Å². The van der Waals surface area contributed by atoms with E-state index < -0.39 is 18.8 Å². The van der Waals surface area contributed by atoms with E-state index in [0.717, 1.165) is 0 Å². The maximum absolute atomic E-state index is 9.55. The van der Waals surface area contributed by atoms with Crippen molar-refractivity contribution >= 4 is 46.6 Å². The van der Waals surface area contributed by atoms with Crippen LogP contribution in [0.3, 0.4) is 0 Å². The van der Waals surface area contributed by atoms with Gasteiger partial charge in [0.1, 0.15) is 6.10 Å². The predicted molar refractivity (Wildman–Crippen MR) is 79.5 cm³/mol. The second-order valence-corrected chi connectivity index (χ2v) is 4.21.